The van der Waals surface area contributed by atoms with Crippen LogP contribution in [-0.2, 0) is 0 Å². The Hall–Kier alpha value is -3.28. The van der Waals surface area contributed by atoms with Gasteiger partial charge in [-0.05, 0) is 60.1 Å². The van der Waals surface area contributed by atoms with Gasteiger partial charge in [-0.1, -0.05) is 59.7 Å². The lowest BCUT2D eigenvalue weighted by Crippen LogP contribution is -2.30. The first-order valence-corrected chi connectivity index (χ1v) is 11.9. The first-order valence-electron chi connectivity index (χ1n) is 11.9. The van der Waals surface area contributed by atoms with Gasteiger partial charge in [0.05, 0.1) is 21.7 Å². The quantitative estimate of drug-likeness (QED) is 0.191. The number of nitro groups is 1. The van der Waals surface area contributed by atoms with Gasteiger partial charge in [-0.2, -0.15) is 5.11 Å². The largest absolute Gasteiger partial charge is 0.371 e. The van der Waals surface area contributed by atoms with Crippen molar-refractivity contribution in [1.82, 2.24) is 0 Å². The molecule has 0 radical (unpaired) electrons. The molecule has 0 aliphatic rings. The number of azo groups is 1. The molecule has 0 aromatic heterocycles. The Labute approximate surface area is 202 Å². The van der Waals surface area contributed by atoms with E-state index in [-0.39, 0.29) is 21.4 Å². The standard InChI is InChI=1S/C28H36N4O2/c1-27(2,3)17-19-31(20-18-28(4,5)6)22-13-11-21(12-14-22)29-30-25-15-16-26(32(33)34)24-10-8-7-9-23(24)25/h7-16H,17-20H2,1-6H3. The molecular formula is C28H36N4O2. The van der Waals surface area contributed by atoms with E-state index in [9.17, 15) is 10.1 Å². The molecule has 180 valence electrons. The first-order chi connectivity index (χ1) is 15.9. The van der Waals surface area contributed by atoms with E-state index in [2.05, 4.69) is 68.8 Å². The van der Waals surface area contributed by atoms with Crippen molar-refractivity contribution < 1.29 is 4.92 Å². The molecule has 0 saturated carbocycles. The number of non-ortho nitro benzene ring substituents is 1. The number of nitro benzene ring substituents is 1. The molecule has 34 heavy (non-hydrogen) atoms. The van der Waals surface area contributed by atoms with Crippen molar-refractivity contribution in [3.8, 4) is 0 Å². The number of hydrogen-bond acceptors (Lipinski definition) is 5. The molecule has 0 heterocycles. The van der Waals surface area contributed by atoms with Gasteiger partial charge in [0, 0.05) is 30.2 Å². The van der Waals surface area contributed by atoms with Crippen molar-refractivity contribution in [3.05, 3.63) is 70.8 Å². The fourth-order valence-corrected chi connectivity index (χ4v) is 3.67. The maximum absolute atomic E-state index is 11.3. The van der Waals surface area contributed by atoms with Crippen LogP contribution in [-0.4, -0.2) is 18.0 Å². The van der Waals surface area contributed by atoms with Crippen molar-refractivity contribution >= 4 is 33.5 Å². The molecule has 0 atom stereocenters. The van der Waals surface area contributed by atoms with Crippen LogP contribution >= 0.6 is 0 Å². The smallest absolute Gasteiger partial charge is 0.277 e. The van der Waals surface area contributed by atoms with Crippen molar-refractivity contribution in [3.63, 3.8) is 0 Å². The second-order valence-electron chi connectivity index (χ2n) is 11.2. The van der Waals surface area contributed by atoms with E-state index in [0.29, 0.717) is 16.5 Å². The highest BCUT2D eigenvalue weighted by Crippen LogP contribution is 2.34. The van der Waals surface area contributed by atoms with E-state index in [1.807, 2.05) is 24.3 Å². The summed E-state index contributed by atoms with van der Waals surface area (Å²) in [6.45, 7) is 15.7. The molecule has 0 fully saturated rings. The summed E-state index contributed by atoms with van der Waals surface area (Å²) >= 11 is 0. The molecule has 6 nitrogen and oxygen atoms in total. The fraction of sp³-hybridized carbons (Fsp3) is 0.429. The zero-order valence-corrected chi connectivity index (χ0v) is 21.2. The van der Waals surface area contributed by atoms with Crippen molar-refractivity contribution in [1.29, 1.82) is 0 Å². The van der Waals surface area contributed by atoms with Gasteiger partial charge in [-0.25, -0.2) is 0 Å². The Kier molecular flexibility index (Phi) is 7.70. The topological polar surface area (TPSA) is 71.1 Å². The molecule has 0 amide bonds. The fourth-order valence-electron chi connectivity index (χ4n) is 3.67. The number of fused-ring (bicyclic) bond motifs is 1. The summed E-state index contributed by atoms with van der Waals surface area (Å²) in [6.07, 6.45) is 2.23. The number of rotatable bonds is 8. The van der Waals surface area contributed by atoms with E-state index in [4.69, 9.17) is 0 Å². The average Bonchev–Trinajstić information content (AvgIpc) is 2.76. The second kappa shape index (κ2) is 10.3. The predicted octanol–water partition coefficient (Wildman–Crippen LogP) is 8.84. The number of anilines is 1. The summed E-state index contributed by atoms with van der Waals surface area (Å²) in [7, 11) is 0. The maximum Gasteiger partial charge on any atom is 0.277 e. The predicted molar refractivity (Wildman–Crippen MR) is 142 cm³/mol. The maximum atomic E-state index is 11.3. The van der Waals surface area contributed by atoms with Gasteiger partial charge in [0.25, 0.3) is 5.69 Å². The summed E-state index contributed by atoms with van der Waals surface area (Å²) in [6, 6.07) is 18.5. The SMILES string of the molecule is CC(C)(C)CCN(CCC(C)(C)C)c1ccc(N=Nc2ccc([N+](=O)[O-])c3ccccc23)cc1. The van der Waals surface area contributed by atoms with E-state index in [1.54, 1.807) is 18.2 Å². The minimum Gasteiger partial charge on any atom is -0.371 e. The third-order valence-electron chi connectivity index (χ3n) is 5.83. The Bertz CT molecular complexity index is 1140. The van der Waals surface area contributed by atoms with Crippen LogP contribution in [0.4, 0.5) is 22.7 Å². The molecule has 0 bridgehead atoms. The normalized spacial score (nSPS) is 12.4. The summed E-state index contributed by atoms with van der Waals surface area (Å²) in [5.74, 6) is 0. The highest BCUT2D eigenvalue weighted by Gasteiger charge is 2.17. The van der Waals surface area contributed by atoms with E-state index in [1.165, 1.54) is 11.8 Å². The molecule has 3 aromatic carbocycles. The summed E-state index contributed by atoms with van der Waals surface area (Å²) < 4.78 is 0. The molecule has 0 spiro atoms. The highest BCUT2D eigenvalue weighted by atomic mass is 16.6. The van der Waals surface area contributed by atoms with Crippen LogP contribution in [0.25, 0.3) is 10.8 Å². The van der Waals surface area contributed by atoms with Gasteiger partial charge in [0.2, 0.25) is 0 Å². The van der Waals surface area contributed by atoms with Gasteiger partial charge in [-0.15, -0.1) is 5.11 Å². The molecular weight excluding hydrogens is 424 g/mol. The molecule has 0 saturated heterocycles. The lowest BCUT2D eigenvalue weighted by Gasteiger charge is -2.31. The van der Waals surface area contributed by atoms with Crippen LogP contribution in [0.15, 0.2) is 70.9 Å². The summed E-state index contributed by atoms with van der Waals surface area (Å²) in [5.41, 5.74) is 3.18. The van der Waals surface area contributed by atoms with Crippen molar-refractivity contribution in [2.45, 2.75) is 54.4 Å². The molecule has 0 unspecified atom stereocenters. The lowest BCUT2D eigenvalue weighted by molar-refractivity contribution is -0.383. The molecule has 0 N–H and O–H groups in total. The van der Waals surface area contributed by atoms with Crippen LogP contribution in [0.5, 0.6) is 0 Å². The monoisotopic (exact) mass is 460 g/mol. The van der Waals surface area contributed by atoms with Gasteiger partial charge < -0.3 is 4.90 Å². The zero-order valence-electron chi connectivity index (χ0n) is 21.2. The number of nitrogens with zero attached hydrogens (tertiary/aromatic N) is 4. The lowest BCUT2D eigenvalue weighted by atomic mass is 9.90. The highest BCUT2D eigenvalue weighted by molar-refractivity contribution is 5.98. The van der Waals surface area contributed by atoms with Crippen LogP contribution in [0, 0.1) is 20.9 Å². The minimum absolute atomic E-state index is 0.0736. The average molecular weight is 461 g/mol. The van der Waals surface area contributed by atoms with Crippen LogP contribution in [0.1, 0.15) is 54.4 Å². The first kappa shape index (κ1) is 25.3. The van der Waals surface area contributed by atoms with Crippen molar-refractivity contribution in [2.75, 3.05) is 18.0 Å². The Morgan fingerprint density at radius 1 is 0.765 bits per heavy atom. The zero-order chi connectivity index (χ0) is 24.9. The molecule has 6 heteroatoms. The number of benzene rings is 3. The summed E-state index contributed by atoms with van der Waals surface area (Å²) in [4.78, 5) is 13.4. The van der Waals surface area contributed by atoms with Crippen LogP contribution < -0.4 is 4.90 Å². The van der Waals surface area contributed by atoms with Crippen molar-refractivity contribution in [2.24, 2.45) is 21.1 Å². The van der Waals surface area contributed by atoms with Crippen LogP contribution in [0.2, 0.25) is 0 Å². The second-order valence-corrected chi connectivity index (χ2v) is 11.2. The molecule has 0 aliphatic carbocycles. The van der Waals surface area contributed by atoms with Gasteiger partial charge in [-0.3, -0.25) is 10.1 Å². The van der Waals surface area contributed by atoms with Gasteiger partial charge in [0.1, 0.15) is 0 Å². The van der Waals surface area contributed by atoms with E-state index < -0.39 is 0 Å². The van der Waals surface area contributed by atoms with Gasteiger partial charge in [0.15, 0.2) is 0 Å². The Morgan fingerprint density at radius 3 is 1.85 bits per heavy atom. The molecule has 3 rings (SSSR count). The number of hydrogen-bond donors (Lipinski definition) is 0. The third-order valence-corrected chi connectivity index (χ3v) is 5.83. The summed E-state index contributed by atoms with van der Waals surface area (Å²) in [5, 5.41) is 21.4. The third kappa shape index (κ3) is 7.11. The molecule has 3 aromatic rings. The molecule has 0 aliphatic heterocycles. The van der Waals surface area contributed by atoms with Gasteiger partial charge >= 0.3 is 0 Å². The Morgan fingerprint density at radius 2 is 1.32 bits per heavy atom. The Balaban J connectivity index is 1.81. The minimum atomic E-state index is -0.368. The van der Waals surface area contributed by atoms with Crippen LogP contribution in [0.3, 0.4) is 0 Å². The van der Waals surface area contributed by atoms with E-state index in [0.717, 1.165) is 31.6 Å². The van der Waals surface area contributed by atoms with E-state index >= 15 is 0 Å².